The molecule has 2 rings (SSSR count). The first-order chi connectivity index (χ1) is 12.4. The van der Waals surface area contributed by atoms with Crippen molar-refractivity contribution >= 4 is 17.6 Å². The Balaban J connectivity index is 2.07. The number of amides is 3. The highest BCUT2D eigenvalue weighted by atomic mass is 16.5. The molecule has 1 fully saturated rings. The predicted molar refractivity (Wildman–Crippen MR) is 97.8 cm³/mol. The van der Waals surface area contributed by atoms with Crippen molar-refractivity contribution in [2.45, 2.75) is 32.4 Å². The maximum Gasteiger partial charge on any atom is 0.318 e. The average molecular weight is 365 g/mol. The van der Waals surface area contributed by atoms with Crippen LogP contribution in [0.1, 0.15) is 20.3 Å². The number of carbonyl (C=O) groups is 2. The summed E-state index contributed by atoms with van der Waals surface area (Å²) >= 11 is 0. The van der Waals surface area contributed by atoms with Gasteiger partial charge in [-0.25, -0.2) is 4.79 Å². The molecular formula is C18H27N3O5. The van der Waals surface area contributed by atoms with Gasteiger partial charge in [0.2, 0.25) is 5.91 Å². The molecule has 1 saturated heterocycles. The predicted octanol–water partition coefficient (Wildman–Crippen LogP) is 1.22. The van der Waals surface area contributed by atoms with Crippen LogP contribution in [0.2, 0.25) is 0 Å². The van der Waals surface area contributed by atoms with Crippen LogP contribution >= 0.6 is 0 Å². The molecular weight excluding hydrogens is 338 g/mol. The monoisotopic (exact) mass is 365 g/mol. The van der Waals surface area contributed by atoms with Gasteiger partial charge in [0.05, 0.1) is 26.9 Å². The van der Waals surface area contributed by atoms with Crippen molar-refractivity contribution in [2.24, 2.45) is 0 Å². The highest BCUT2D eigenvalue weighted by Gasteiger charge is 2.33. The molecule has 8 nitrogen and oxygen atoms in total. The third-order valence-electron chi connectivity index (χ3n) is 4.36. The standard InChI is InChI=1S/C18H27N3O5/c1-12(2)20(7-8-22)18(24)19-13-9-17(23)21(11-13)14-5-6-15(25-3)16(10-14)26-4/h5-6,10,12-13,22H,7-9,11H2,1-4H3,(H,19,24). The van der Waals surface area contributed by atoms with Crippen molar-refractivity contribution in [3.63, 3.8) is 0 Å². The van der Waals surface area contributed by atoms with Crippen LogP contribution in [0, 0.1) is 0 Å². The lowest BCUT2D eigenvalue weighted by Gasteiger charge is -2.27. The molecule has 2 N–H and O–H groups in total. The molecule has 0 saturated carbocycles. The second-order valence-corrected chi connectivity index (χ2v) is 6.40. The maximum absolute atomic E-state index is 12.4. The molecule has 0 aromatic heterocycles. The lowest BCUT2D eigenvalue weighted by atomic mass is 10.2. The van der Waals surface area contributed by atoms with Gasteiger partial charge in [-0.3, -0.25) is 4.79 Å². The Hall–Kier alpha value is -2.48. The van der Waals surface area contributed by atoms with Crippen LogP contribution < -0.4 is 19.7 Å². The third kappa shape index (κ3) is 4.37. The Kier molecular flexibility index (Phi) is 6.68. The Morgan fingerprint density at radius 2 is 2.04 bits per heavy atom. The summed E-state index contributed by atoms with van der Waals surface area (Å²) in [6.07, 6.45) is 0.227. The number of benzene rings is 1. The number of methoxy groups -OCH3 is 2. The maximum atomic E-state index is 12.4. The lowest BCUT2D eigenvalue weighted by molar-refractivity contribution is -0.117. The van der Waals surface area contributed by atoms with Crippen molar-refractivity contribution in [1.82, 2.24) is 10.2 Å². The zero-order valence-corrected chi connectivity index (χ0v) is 15.7. The molecule has 1 aromatic rings. The Morgan fingerprint density at radius 3 is 2.62 bits per heavy atom. The van der Waals surface area contributed by atoms with Gasteiger partial charge >= 0.3 is 6.03 Å². The second kappa shape index (κ2) is 8.75. The number of aliphatic hydroxyl groups is 1. The number of nitrogens with one attached hydrogen (secondary N) is 1. The highest BCUT2D eigenvalue weighted by molar-refractivity contribution is 5.97. The van der Waals surface area contributed by atoms with Gasteiger partial charge in [0, 0.05) is 37.3 Å². The minimum atomic E-state index is -0.289. The number of carbonyl (C=O) groups excluding carboxylic acids is 2. The van der Waals surface area contributed by atoms with Gasteiger partial charge in [-0.2, -0.15) is 0 Å². The fourth-order valence-electron chi connectivity index (χ4n) is 3.01. The number of urea groups is 1. The van der Waals surface area contributed by atoms with E-state index in [9.17, 15) is 9.59 Å². The van der Waals surface area contributed by atoms with Crippen molar-refractivity contribution in [3.05, 3.63) is 18.2 Å². The molecule has 1 heterocycles. The SMILES string of the molecule is COc1ccc(N2CC(NC(=O)N(CCO)C(C)C)CC2=O)cc1OC. The summed E-state index contributed by atoms with van der Waals surface area (Å²) in [6, 6.07) is 4.67. The van der Waals surface area contributed by atoms with Gasteiger partial charge < -0.3 is 29.7 Å². The van der Waals surface area contributed by atoms with E-state index in [0.29, 0.717) is 23.7 Å². The number of nitrogens with zero attached hydrogens (tertiary/aromatic N) is 2. The van der Waals surface area contributed by atoms with E-state index in [4.69, 9.17) is 14.6 Å². The zero-order chi connectivity index (χ0) is 19.3. The zero-order valence-electron chi connectivity index (χ0n) is 15.7. The minimum Gasteiger partial charge on any atom is -0.493 e. The first kappa shape index (κ1) is 19.8. The molecule has 1 unspecified atom stereocenters. The molecule has 1 aliphatic rings. The molecule has 0 radical (unpaired) electrons. The summed E-state index contributed by atoms with van der Waals surface area (Å²) in [5, 5.41) is 12.0. The first-order valence-corrected chi connectivity index (χ1v) is 8.61. The number of rotatable bonds is 7. The van der Waals surface area contributed by atoms with E-state index in [2.05, 4.69) is 5.32 Å². The number of aliphatic hydroxyl groups excluding tert-OH is 1. The van der Waals surface area contributed by atoms with E-state index < -0.39 is 0 Å². The summed E-state index contributed by atoms with van der Waals surface area (Å²) < 4.78 is 10.5. The van der Waals surface area contributed by atoms with Crippen LogP contribution in [0.15, 0.2) is 18.2 Å². The van der Waals surface area contributed by atoms with Gasteiger partial charge in [-0.15, -0.1) is 0 Å². The molecule has 8 heteroatoms. The molecule has 0 spiro atoms. The van der Waals surface area contributed by atoms with Gasteiger partial charge in [-0.05, 0) is 26.0 Å². The fraction of sp³-hybridized carbons (Fsp3) is 0.556. The molecule has 26 heavy (non-hydrogen) atoms. The summed E-state index contributed by atoms with van der Waals surface area (Å²) in [5.74, 6) is 1.06. The van der Waals surface area contributed by atoms with Crippen LogP contribution in [-0.2, 0) is 4.79 Å². The molecule has 0 aliphatic carbocycles. The van der Waals surface area contributed by atoms with Crippen molar-refractivity contribution < 1.29 is 24.2 Å². The van der Waals surface area contributed by atoms with Crippen LogP contribution in [0.4, 0.5) is 10.5 Å². The van der Waals surface area contributed by atoms with Gasteiger partial charge in [0.1, 0.15) is 0 Å². The van der Waals surface area contributed by atoms with Crippen molar-refractivity contribution in [2.75, 3.05) is 38.8 Å². The number of hydrogen-bond donors (Lipinski definition) is 2. The Labute approximate surface area is 153 Å². The summed E-state index contributed by atoms with van der Waals surface area (Å²) in [4.78, 5) is 28.0. The quantitative estimate of drug-likeness (QED) is 0.758. The van der Waals surface area contributed by atoms with E-state index in [1.54, 1.807) is 35.1 Å². The normalized spacial score (nSPS) is 16.8. The van der Waals surface area contributed by atoms with Crippen LogP contribution in [0.5, 0.6) is 11.5 Å². The molecule has 3 amide bonds. The third-order valence-corrected chi connectivity index (χ3v) is 4.36. The Morgan fingerprint density at radius 1 is 1.35 bits per heavy atom. The van der Waals surface area contributed by atoms with Crippen LogP contribution in [0.3, 0.4) is 0 Å². The Bertz CT molecular complexity index is 650. The van der Waals surface area contributed by atoms with Crippen molar-refractivity contribution in [3.8, 4) is 11.5 Å². The van der Waals surface area contributed by atoms with E-state index >= 15 is 0 Å². The number of hydrogen-bond acceptors (Lipinski definition) is 5. The second-order valence-electron chi connectivity index (χ2n) is 6.40. The largest absolute Gasteiger partial charge is 0.493 e. The molecule has 1 atom stereocenters. The number of anilines is 1. The average Bonchev–Trinajstić information content (AvgIpc) is 2.98. The summed E-state index contributed by atoms with van der Waals surface area (Å²) in [6.45, 7) is 4.29. The van der Waals surface area contributed by atoms with E-state index in [1.165, 1.54) is 7.11 Å². The molecule has 1 aliphatic heterocycles. The molecule has 0 bridgehead atoms. The fourth-order valence-corrected chi connectivity index (χ4v) is 3.01. The summed E-state index contributed by atoms with van der Waals surface area (Å²) in [7, 11) is 3.09. The van der Waals surface area contributed by atoms with E-state index in [1.807, 2.05) is 13.8 Å². The summed E-state index contributed by atoms with van der Waals surface area (Å²) in [5.41, 5.74) is 0.695. The minimum absolute atomic E-state index is 0.0405. The number of ether oxygens (including phenoxy) is 2. The van der Waals surface area contributed by atoms with Crippen molar-refractivity contribution in [1.29, 1.82) is 0 Å². The van der Waals surface area contributed by atoms with Crippen LogP contribution in [0.25, 0.3) is 0 Å². The molecule has 144 valence electrons. The highest BCUT2D eigenvalue weighted by Crippen LogP contribution is 2.33. The van der Waals surface area contributed by atoms with Gasteiger partial charge in [0.25, 0.3) is 0 Å². The van der Waals surface area contributed by atoms with E-state index in [-0.39, 0.29) is 43.6 Å². The van der Waals surface area contributed by atoms with E-state index in [0.717, 1.165) is 0 Å². The van der Waals surface area contributed by atoms with Crippen LogP contribution in [-0.4, -0.2) is 67.9 Å². The van der Waals surface area contributed by atoms with Gasteiger partial charge in [-0.1, -0.05) is 0 Å². The lowest BCUT2D eigenvalue weighted by Crippen LogP contribution is -2.49. The topological polar surface area (TPSA) is 91.3 Å². The molecule has 1 aromatic carbocycles. The first-order valence-electron chi connectivity index (χ1n) is 8.61. The smallest absolute Gasteiger partial charge is 0.318 e. The van der Waals surface area contributed by atoms with Gasteiger partial charge in [0.15, 0.2) is 11.5 Å².